The second kappa shape index (κ2) is 8.86. The molecule has 26 heavy (non-hydrogen) atoms. The van der Waals surface area contributed by atoms with E-state index in [2.05, 4.69) is 25.3 Å². The first-order valence-electron chi connectivity index (χ1n) is 10.9. The minimum Gasteiger partial charge on any atom is -0.176 e. The van der Waals surface area contributed by atoms with Crippen LogP contribution in [0.1, 0.15) is 70.6 Å². The fourth-order valence-electron chi connectivity index (χ4n) is 7.53. The maximum atomic E-state index is 5.45. The molecule has 4 fully saturated rings. The summed E-state index contributed by atoms with van der Waals surface area (Å²) in [5.74, 6) is 6.81. The van der Waals surface area contributed by atoms with Crippen LogP contribution in [0.25, 0.3) is 0 Å². The van der Waals surface area contributed by atoms with E-state index in [0.717, 1.165) is 35.3 Å². The lowest BCUT2D eigenvalue weighted by Gasteiger charge is -2.55. The largest absolute Gasteiger partial charge is 0.176 e. The molecule has 0 heterocycles. The highest BCUT2D eigenvalue weighted by Crippen LogP contribution is 2.63. The van der Waals surface area contributed by atoms with Crippen molar-refractivity contribution >= 4 is 62.3 Å². The summed E-state index contributed by atoms with van der Waals surface area (Å²) in [4.78, 5) is 0. The van der Waals surface area contributed by atoms with Crippen LogP contribution in [0.3, 0.4) is 0 Å². The van der Waals surface area contributed by atoms with Gasteiger partial charge >= 0.3 is 0 Å². The van der Waals surface area contributed by atoms with E-state index in [-0.39, 0.29) is 8.66 Å². The van der Waals surface area contributed by atoms with Crippen LogP contribution < -0.4 is 0 Å². The molecule has 0 saturated heterocycles. The van der Waals surface area contributed by atoms with Gasteiger partial charge in [0.05, 0.1) is 3.91 Å². The molecule has 0 aromatic carbocycles. The van der Waals surface area contributed by atoms with E-state index in [9.17, 15) is 0 Å². The zero-order valence-corrected chi connectivity index (χ0v) is 20.2. The fraction of sp³-hybridized carbons (Fsp3) is 1.00. The van der Waals surface area contributed by atoms with Gasteiger partial charge in [-0.2, -0.15) is 50.5 Å². The van der Waals surface area contributed by atoms with Crippen molar-refractivity contribution in [1.29, 1.82) is 0 Å². The van der Waals surface area contributed by atoms with Crippen molar-refractivity contribution in [2.45, 2.75) is 84.5 Å². The van der Waals surface area contributed by atoms with Crippen LogP contribution in [0, 0.1) is 35.5 Å². The summed E-state index contributed by atoms with van der Waals surface area (Å²) < 4.78 is 0.402. The molecule has 0 aliphatic heterocycles. The quantitative estimate of drug-likeness (QED) is 0.263. The summed E-state index contributed by atoms with van der Waals surface area (Å²) in [7, 11) is 0. The summed E-state index contributed by atoms with van der Waals surface area (Å²) in [6.45, 7) is 0. The lowest BCUT2D eigenvalue weighted by atomic mass is 9.53. The molecule has 0 N–H and O–H groups in total. The van der Waals surface area contributed by atoms with E-state index in [1.165, 1.54) is 70.6 Å². The summed E-state index contributed by atoms with van der Waals surface area (Å²) in [5, 5.41) is 0.494. The fourth-order valence-corrected chi connectivity index (χ4v) is 10.4. The zero-order valence-electron chi connectivity index (χ0n) is 15.8. The van der Waals surface area contributed by atoms with E-state index in [1.54, 1.807) is 0 Å². The van der Waals surface area contributed by atoms with Gasteiger partial charge in [0.2, 0.25) is 0 Å². The maximum absolute atomic E-state index is 5.45. The molecule has 5 heteroatoms. The van der Waals surface area contributed by atoms with Crippen LogP contribution in [0.5, 0.6) is 0 Å². The van der Waals surface area contributed by atoms with Crippen LogP contribution in [0.4, 0.5) is 0 Å². The molecule has 0 nitrogen and oxygen atoms in total. The molecular formula is C21H36S5. The first kappa shape index (κ1) is 21.0. The zero-order chi connectivity index (χ0) is 18.3. The van der Waals surface area contributed by atoms with Crippen molar-refractivity contribution in [2.24, 2.45) is 35.5 Å². The summed E-state index contributed by atoms with van der Waals surface area (Å²) in [5.41, 5.74) is 0. The third kappa shape index (κ3) is 4.01. The predicted octanol–water partition coefficient (Wildman–Crippen LogP) is 6.87. The standard InChI is InChI=1S/C21H36S5/c22-19(10-12-26-20(23)24)18-8-7-17-16-6-5-13-3-1-2-4-14(13)15(16)9-11-21(17,18)25/h13-20,22-25H,1-12H2. The molecule has 4 saturated carbocycles. The van der Waals surface area contributed by atoms with Gasteiger partial charge in [-0.1, -0.05) is 19.3 Å². The van der Waals surface area contributed by atoms with Crippen LogP contribution in [-0.4, -0.2) is 19.7 Å². The maximum Gasteiger partial charge on any atom is 0.0899 e. The van der Waals surface area contributed by atoms with Crippen molar-refractivity contribution < 1.29 is 0 Å². The number of hydrogen-bond acceptors (Lipinski definition) is 5. The lowest BCUT2D eigenvalue weighted by Crippen LogP contribution is -2.51. The summed E-state index contributed by atoms with van der Waals surface area (Å²) in [6.07, 6.45) is 15.8. The van der Waals surface area contributed by atoms with E-state index in [1.807, 2.05) is 11.8 Å². The van der Waals surface area contributed by atoms with Gasteiger partial charge in [-0.15, -0.1) is 11.8 Å². The highest BCUT2D eigenvalue weighted by atomic mass is 32.2. The van der Waals surface area contributed by atoms with Crippen LogP contribution in [-0.2, 0) is 0 Å². The molecule has 8 atom stereocenters. The average Bonchev–Trinajstić information content (AvgIpc) is 2.98. The normalized spacial score (nSPS) is 46.5. The monoisotopic (exact) mass is 448 g/mol. The molecule has 0 radical (unpaired) electrons. The van der Waals surface area contributed by atoms with E-state index in [0.29, 0.717) is 11.2 Å². The van der Waals surface area contributed by atoms with E-state index in [4.69, 9.17) is 25.3 Å². The third-order valence-electron chi connectivity index (χ3n) is 8.55. The van der Waals surface area contributed by atoms with Crippen molar-refractivity contribution in [2.75, 3.05) is 5.75 Å². The molecule has 0 aromatic rings. The number of fused-ring (bicyclic) bond motifs is 5. The summed E-state index contributed by atoms with van der Waals surface area (Å²) in [6, 6.07) is 0. The van der Waals surface area contributed by atoms with Crippen LogP contribution in [0.15, 0.2) is 0 Å². The van der Waals surface area contributed by atoms with E-state index >= 15 is 0 Å². The molecule has 4 rings (SSSR count). The molecule has 4 aliphatic rings. The van der Waals surface area contributed by atoms with E-state index < -0.39 is 0 Å². The molecule has 0 bridgehead atoms. The minimum atomic E-state index is 0.137. The molecule has 4 aliphatic carbocycles. The second-order valence-electron chi connectivity index (χ2n) is 9.49. The Labute approximate surface area is 187 Å². The number of hydrogen-bond donors (Lipinski definition) is 4. The molecule has 0 aromatic heterocycles. The molecular weight excluding hydrogens is 413 g/mol. The molecule has 0 amide bonds. The Kier molecular flexibility index (Phi) is 7.15. The van der Waals surface area contributed by atoms with Crippen LogP contribution >= 0.6 is 62.3 Å². The van der Waals surface area contributed by atoms with Gasteiger partial charge in [0, 0.05) is 10.00 Å². The first-order chi connectivity index (χ1) is 12.5. The topological polar surface area (TPSA) is 0 Å². The molecule has 8 unspecified atom stereocenters. The minimum absolute atomic E-state index is 0.137. The van der Waals surface area contributed by atoms with Gasteiger partial charge in [0.1, 0.15) is 0 Å². The Morgan fingerprint density at radius 3 is 2.46 bits per heavy atom. The Morgan fingerprint density at radius 1 is 0.846 bits per heavy atom. The lowest BCUT2D eigenvalue weighted by molar-refractivity contribution is -0.0147. The predicted molar refractivity (Wildman–Crippen MR) is 130 cm³/mol. The highest BCUT2D eigenvalue weighted by Gasteiger charge is 2.58. The number of thioether (sulfide) groups is 1. The van der Waals surface area contributed by atoms with Gasteiger partial charge in [0.25, 0.3) is 0 Å². The summed E-state index contributed by atoms with van der Waals surface area (Å²) >= 11 is 21.1. The average molecular weight is 449 g/mol. The van der Waals surface area contributed by atoms with Crippen LogP contribution in [0.2, 0.25) is 0 Å². The van der Waals surface area contributed by atoms with Crippen molar-refractivity contribution in [3.8, 4) is 0 Å². The van der Waals surface area contributed by atoms with Gasteiger partial charge < -0.3 is 0 Å². The second-order valence-corrected chi connectivity index (χ2v) is 14.3. The van der Waals surface area contributed by atoms with Crippen molar-refractivity contribution in [3.05, 3.63) is 0 Å². The smallest absolute Gasteiger partial charge is 0.0899 e. The Bertz CT molecular complexity index is 483. The number of thiol groups is 4. The van der Waals surface area contributed by atoms with Crippen molar-refractivity contribution in [3.63, 3.8) is 0 Å². The van der Waals surface area contributed by atoms with Crippen molar-refractivity contribution in [1.82, 2.24) is 0 Å². The Balaban J connectivity index is 1.42. The van der Waals surface area contributed by atoms with Gasteiger partial charge in [0.15, 0.2) is 0 Å². The Morgan fingerprint density at radius 2 is 1.65 bits per heavy atom. The van der Waals surface area contributed by atoms with Gasteiger partial charge in [-0.05, 0) is 92.6 Å². The third-order valence-corrected chi connectivity index (χ3v) is 11.7. The first-order valence-corrected chi connectivity index (χ1v) is 13.9. The highest BCUT2D eigenvalue weighted by molar-refractivity contribution is 8.22. The SMILES string of the molecule is SC(S)SCCC(S)C1CCC2C3CCC4CCCCC4C3CCC12S. The molecule has 150 valence electrons. The van der Waals surface area contributed by atoms with Gasteiger partial charge in [-0.25, -0.2) is 0 Å². The number of rotatable bonds is 5. The molecule has 0 spiro atoms. The Hall–Kier alpha value is 1.75. The van der Waals surface area contributed by atoms with Gasteiger partial charge in [-0.3, -0.25) is 0 Å².